The summed E-state index contributed by atoms with van der Waals surface area (Å²) in [7, 11) is -4.03. The minimum Gasteiger partial charge on any atom is -0.480 e. The van der Waals surface area contributed by atoms with Crippen LogP contribution in [0.3, 0.4) is 0 Å². The van der Waals surface area contributed by atoms with Crippen molar-refractivity contribution in [2.45, 2.75) is 50.1 Å². The first-order chi connectivity index (χ1) is 22.0. The molecule has 242 valence electrons. The molecule has 46 heavy (non-hydrogen) atoms. The quantitative estimate of drug-likeness (QED) is 0.0959. The van der Waals surface area contributed by atoms with Crippen molar-refractivity contribution in [1.29, 1.82) is 0 Å². The molecule has 0 aliphatic carbocycles. The fourth-order valence-electron chi connectivity index (χ4n) is 4.54. The minimum atomic E-state index is -4.03. The number of nitrogens with one attached hydrogen (secondary N) is 4. The minimum absolute atomic E-state index is 0.00672. The Balaban J connectivity index is 1.38. The average Bonchev–Trinajstić information content (AvgIpc) is 3.47. The van der Waals surface area contributed by atoms with Crippen molar-refractivity contribution < 1.29 is 27.9 Å². The molecule has 0 saturated heterocycles. The number of unbranched alkanes of at least 4 members (excludes halogenated alkanes) is 1. The molecule has 0 aliphatic rings. The zero-order chi connectivity index (χ0) is 33.3. The van der Waals surface area contributed by atoms with E-state index in [-0.39, 0.29) is 39.2 Å². The van der Waals surface area contributed by atoms with Gasteiger partial charge < -0.3 is 21.1 Å². The number of carboxylic acids is 1. The third-order valence-corrected chi connectivity index (χ3v) is 9.98. The van der Waals surface area contributed by atoms with Gasteiger partial charge in [0.2, 0.25) is 10.0 Å². The van der Waals surface area contributed by atoms with Gasteiger partial charge in [-0.3, -0.25) is 4.79 Å². The maximum Gasteiger partial charge on any atom is 0.326 e. The Hall–Kier alpha value is -3.94. The Morgan fingerprint density at radius 3 is 2.28 bits per heavy atom. The van der Waals surface area contributed by atoms with Gasteiger partial charge in [0.15, 0.2) is 0 Å². The van der Waals surface area contributed by atoms with Crippen LogP contribution in [0.5, 0.6) is 0 Å². The number of thiophene rings is 1. The van der Waals surface area contributed by atoms with Crippen molar-refractivity contribution >= 4 is 73.8 Å². The highest BCUT2D eigenvalue weighted by atomic mass is 35.5. The topological polar surface area (TPSA) is 154 Å². The van der Waals surface area contributed by atoms with Crippen LogP contribution in [0.15, 0.2) is 83.1 Å². The van der Waals surface area contributed by atoms with Gasteiger partial charge in [-0.25, -0.2) is 22.7 Å². The summed E-state index contributed by atoms with van der Waals surface area (Å²) in [5.41, 5.74) is 2.19. The van der Waals surface area contributed by atoms with Crippen LogP contribution in [0.4, 0.5) is 16.2 Å². The standard InChI is InChI=1S/C32H32Cl2N4O6S2/c1-2-3-7-21-16-17-45-27(21)19-35-46(43,44)28-11-5-4-10-25(28)37-32(42)38-26(31(40)41)18-20-12-14-22(15-13-20)36-30(39)29-23(33)8-6-9-24(29)34/h4-6,8-17,26,35H,2-3,7,18-19H2,1H3,(H,36,39)(H,40,41)(H2,37,38,42). The number of carbonyl (C=O) groups excluding carboxylic acids is 2. The highest BCUT2D eigenvalue weighted by Crippen LogP contribution is 2.26. The van der Waals surface area contributed by atoms with Crippen LogP contribution in [-0.4, -0.2) is 37.5 Å². The summed E-state index contributed by atoms with van der Waals surface area (Å²) in [6.45, 7) is 2.20. The first kappa shape index (κ1) is 34.9. The number of hydrogen-bond donors (Lipinski definition) is 5. The second-order valence-corrected chi connectivity index (χ2v) is 13.8. The number of aryl methyl sites for hydroxylation is 1. The van der Waals surface area contributed by atoms with Gasteiger partial charge in [0, 0.05) is 23.5 Å². The van der Waals surface area contributed by atoms with Gasteiger partial charge in [0.1, 0.15) is 10.9 Å². The summed E-state index contributed by atoms with van der Waals surface area (Å²) in [5, 5.41) is 19.7. The smallest absolute Gasteiger partial charge is 0.326 e. The Bertz CT molecular complexity index is 1790. The van der Waals surface area contributed by atoms with Crippen LogP contribution in [-0.2, 0) is 34.2 Å². The SMILES string of the molecule is CCCCc1ccsc1CNS(=O)(=O)c1ccccc1NC(=O)NC(Cc1ccc(NC(=O)c2c(Cl)cccc2Cl)cc1)C(=O)O. The predicted molar refractivity (Wildman–Crippen MR) is 182 cm³/mol. The molecule has 1 heterocycles. The van der Waals surface area contributed by atoms with Crippen LogP contribution in [0, 0.1) is 0 Å². The maximum atomic E-state index is 13.2. The molecule has 0 spiro atoms. The van der Waals surface area contributed by atoms with E-state index in [2.05, 4.69) is 27.6 Å². The van der Waals surface area contributed by atoms with Gasteiger partial charge in [0.05, 0.1) is 21.3 Å². The molecule has 14 heteroatoms. The molecule has 0 fully saturated rings. The number of carbonyl (C=O) groups is 3. The number of amides is 3. The fourth-order valence-corrected chi connectivity index (χ4v) is 7.23. The lowest BCUT2D eigenvalue weighted by atomic mass is 10.1. The molecule has 1 atom stereocenters. The van der Waals surface area contributed by atoms with Crippen LogP contribution >= 0.6 is 34.5 Å². The van der Waals surface area contributed by atoms with E-state index in [9.17, 15) is 27.9 Å². The molecule has 1 unspecified atom stereocenters. The number of sulfonamides is 1. The molecular formula is C32H32Cl2N4O6S2. The number of aliphatic carboxylic acids is 1. The van der Waals surface area contributed by atoms with Crippen molar-refractivity contribution in [3.05, 3.63) is 110 Å². The zero-order valence-corrected chi connectivity index (χ0v) is 27.8. The molecular weight excluding hydrogens is 671 g/mol. The van der Waals surface area contributed by atoms with E-state index in [4.69, 9.17) is 23.2 Å². The van der Waals surface area contributed by atoms with Crippen molar-refractivity contribution in [2.24, 2.45) is 0 Å². The van der Waals surface area contributed by atoms with Gasteiger partial charge in [0.25, 0.3) is 5.91 Å². The van der Waals surface area contributed by atoms with Crippen molar-refractivity contribution in [2.75, 3.05) is 10.6 Å². The average molecular weight is 704 g/mol. The number of benzene rings is 3. The molecule has 4 rings (SSSR count). The lowest BCUT2D eigenvalue weighted by Gasteiger charge is -2.17. The predicted octanol–water partition coefficient (Wildman–Crippen LogP) is 6.95. The Kier molecular flexibility index (Phi) is 12.2. The van der Waals surface area contributed by atoms with Crippen LogP contribution in [0.25, 0.3) is 0 Å². The van der Waals surface area contributed by atoms with E-state index in [1.165, 1.54) is 29.5 Å². The Morgan fingerprint density at radius 1 is 0.913 bits per heavy atom. The van der Waals surface area contributed by atoms with E-state index < -0.39 is 34.0 Å². The fraction of sp³-hybridized carbons (Fsp3) is 0.219. The number of hydrogen-bond acceptors (Lipinski definition) is 6. The van der Waals surface area contributed by atoms with Gasteiger partial charge >= 0.3 is 12.0 Å². The highest BCUT2D eigenvalue weighted by molar-refractivity contribution is 7.89. The molecule has 0 radical (unpaired) electrons. The van der Waals surface area contributed by atoms with Gasteiger partial charge in [-0.15, -0.1) is 11.3 Å². The maximum absolute atomic E-state index is 13.2. The van der Waals surface area contributed by atoms with Gasteiger partial charge in [-0.1, -0.05) is 66.9 Å². The molecule has 0 aliphatic heterocycles. The molecule has 4 aromatic rings. The first-order valence-corrected chi connectivity index (χ1v) is 17.4. The summed E-state index contributed by atoms with van der Waals surface area (Å²) >= 11 is 13.7. The summed E-state index contributed by atoms with van der Waals surface area (Å²) in [5.74, 6) is -1.80. The third kappa shape index (κ3) is 9.30. The van der Waals surface area contributed by atoms with Crippen molar-refractivity contribution in [1.82, 2.24) is 10.0 Å². The number of urea groups is 1. The molecule has 1 aromatic heterocycles. The summed E-state index contributed by atoms with van der Waals surface area (Å²) < 4.78 is 29.1. The summed E-state index contributed by atoms with van der Waals surface area (Å²) in [6.07, 6.45) is 2.80. The summed E-state index contributed by atoms with van der Waals surface area (Å²) in [6, 6.07) is 16.7. The third-order valence-electron chi connectivity index (χ3n) is 6.93. The number of halogens is 2. The van der Waals surface area contributed by atoms with E-state index in [0.717, 1.165) is 29.7 Å². The second-order valence-electron chi connectivity index (χ2n) is 10.2. The van der Waals surface area contributed by atoms with E-state index in [1.54, 1.807) is 48.5 Å². The van der Waals surface area contributed by atoms with E-state index in [0.29, 0.717) is 11.3 Å². The van der Waals surface area contributed by atoms with E-state index in [1.807, 2.05) is 11.4 Å². The number of rotatable bonds is 14. The van der Waals surface area contributed by atoms with Crippen LogP contribution in [0.1, 0.15) is 46.1 Å². The second kappa shape index (κ2) is 16.1. The lowest BCUT2D eigenvalue weighted by Crippen LogP contribution is -2.44. The Labute approximate surface area is 281 Å². The Morgan fingerprint density at radius 2 is 1.61 bits per heavy atom. The number of para-hydroxylation sites is 1. The largest absolute Gasteiger partial charge is 0.480 e. The van der Waals surface area contributed by atoms with Gasteiger partial charge in [-0.05, 0) is 71.8 Å². The summed E-state index contributed by atoms with van der Waals surface area (Å²) in [4.78, 5) is 38.3. The molecule has 0 saturated carbocycles. The molecule has 0 bridgehead atoms. The monoisotopic (exact) mass is 702 g/mol. The molecule has 10 nitrogen and oxygen atoms in total. The first-order valence-electron chi connectivity index (χ1n) is 14.3. The number of anilines is 2. The highest BCUT2D eigenvalue weighted by Gasteiger charge is 2.24. The van der Waals surface area contributed by atoms with Crippen molar-refractivity contribution in [3.8, 4) is 0 Å². The normalized spacial score (nSPS) is 11.9. The van der Waals surface area contributed by atoms with Crippen LogP contribution in [0.2, 0.25) is 10.0 Å². The van der Waals surface area contributed by atoms with E-state index >= 15 is 0 Å². The molecule has 3 amide bonds. The van der Waals surface area contributed by atoms with Crippen molar-refractivity contribution in [3.63, 3.8) is 0 Å². The number of carboxylic acid groups (broad SMARTS) is 1. The van der Waals surface area contributed by atoms with Gasteiger partial charge in [-0.2, -0.15) is 0 Å². The molecule has 5 N–H and O–H groups in total. The lowest BCUT2D eigenvalue weighted by molar-refractivity contribution is -0.139. The zero-order valence-electron chi connectivity index (χ0n) is 24.7. The molecule has 3 aromatic carbocycles. The van der Waals surface area contributed by atoms with Crippen LogP contribution < -0.4 is 20.7 Å².